The Kier molecular flexibility index (Phi) is 3.89. The molecule has 1 aliphatic heterocycles. The average molecular weight is 302 g/mol. The minimum atomic E-state index is -0.311. The fraction of sp³-hybridized carbons (Fsp3) is 0.700. The van der Waals surface area contributed by atoms with Crippen molar-refractivity contribution >= 4 is 0 Å². The number of aliphatic hydroxyl groups excluding tert-OH is 1. The third-order valence-electron chi connectivity index (χ3n) is 6.51. The summed E-state index contributed by atoms with van der Waals surface area (Å²) < 4.78 is 5.83. The van der Waals surface area contributed by atoms with Gasteiger partial charge in [0.2, 0.25) is 0 Å². The van der Waals surface area contributed by atoms with Crippen LogP contribution in [0.4, 0.5) is 0 Å². The van der Waals surface area contributed by atoms with Gasteiger partial charge < -0.3 is 9.84 Å². The van der Waals surface area contributed by atoms with E-state index in [4.69, 9.17) is 4.74 Å². The lowest BCUT2D eigenvalue weighted by Crippen LogP contribution is -2.40. The van der Waals surface area contributed by atoms with Crippen LogP contribution in [-0.2, 0) is 4.74 Å². The molecular weight excluding hydrogens is 272 g/mol. The van der Waals surface area contributed by atoms with E-state index in [1.165, 1.54) is 18.4 Å². The van der Waals surface area contributed by atoms with E-state index in [0.29, 0.717) is 11.8 Å². The molecule has 0 aromatic carbocycles. The van der Waals surface area contributed by atoms with Crippen molar-refractivity contribution in [2.75, 3.05) is 0 Å². The molecule has 0 bridgehead atoms. The molecule has 0 unspecified atom stereocenters. The molecule has 1 heterocycles. The summed E-state index contributed by atoms with van der Waals surface area (Å²) in [5.74, 6) is 1.17. The second-order valence-corrected chi connectivity index (χ2v) is 8.21. The average Bonchev–Trinajstić information content (AvgIpc) is 3.00. The van der Waals surface area contributed by atoms with Crippen molar-refractivity contribution < 1.29 is 9.84 Å². The first-order valence-electron chi connectivity index (χ1n) is 8.64. The van der Waals surface area contributed by atoms with Gasteiger partial charge in [-0.3, -0.25) is 0 Å². The molecule has 6 atom stereocenters. The maximum atomic E-state index is 10.9. The van der Waals surface area contributed by atoms with Crippen LogP contribution in [-0.4, -0.2) is 22.9 Å². The Morgan fingerprint density at radius 1 is 1.23 bits per heavy atom. The molecule has 0 radical (unpaired) electrons. The molecule has 3 fully saturated rings. The minimum absolute atomic E-state index is 0.0107. The van der Waals surface area contributed by atoms with Crippen molar-refractivity contribution in [3.8, 4) is 0 Å². The van der Waals surface area contributed by atoms with Crippen LogP contribution in [0, 0.1) is 17.3 Å². The van der Waals surface area contributed by atoms with E-state index in [1.807, 2.05) is 6.92 Å². The first-order valence-corrected chi connectivity index (χ1v) is 8.64. The van der Waals surface area contributed by atoms with Crippen LogP contribution in [0.5, 0.6) is 0 Å². The monoisotopic (exact) mass is 302 g/mol. The SMILES string of the molecule is C=C(C)/C=C/C=C(\C)[C@H]1CC[C@]2(C)[C@@H]1CC[C@]1(C)O[C@@H]1[C@@H]2O. The Morgan fingerprint density at radius 2 is 1.95 bits per heavy atom. The molecule has 22 heavy (non-hydrogen) atoms. The Bertz CT molecular complexity index is 532. The van der Waals surface area contributed by atoms with Crippen molar-refractivity contribution in [3.05, 3.63) is 36.0 Å². The lowest BCUT2D eigenvalue weighted by molar-refractivity contribution is -0.0165. The summed E-state index contributed by atoms with van der Waals surface area (Å²) >= 11 is 0. The summed E-state index contributed by atoms with van der Waals surface area (Å²) in [5, 5.41) is 10.9. The van der Waals surface area contributed by atoms with Gasteiger partial charge in [0, 0.05) is 0 Å². The van der Waals surface area contributed by atoms with Crippen molar-refractivity contribution in [3.63, 3.8) is 0 Å². The summed E-state index contributed by atoms with van der Waals surface area (Å²) in [5.41, 5.74) is 2.47. The molecule has 1 N–H and O–H groups in total. The quantitative estimate of drug-likeness (QED) is 0.619. The molecule has 2 heteroatoms. The summed E-state index contributed by atoms with van der Waals surface area (Å²) in [7, 11) is 0. The Hall–Kier alpha value is -0.860. The highest BCUT2D eigenvalue weighted by Crippen LogP contribution is 2.61. The van der Waals surface area contributed by atoms with Gasteiger partial charge >= 0.3 is 0 Å². The largest absolute Gasteiger partial charge is 0.390 e. The highest BCUT2D eigenvalue weighted by Gasteiger charge is 2.65. The maximum absolute atomic E-state index is 10.9. The summed E-state index contributed by atoms with van der Waals surface area (Å²) in [6, 6.07) is 0. The van der Waals surface area contributed by atoms with E-state index < -0.39 is 0 Å². The second-order valence-electron chi connectivity index (χ2n) is 8.21. The lowest BCUT2D eigenvalue weighted by Gasteiger charge is -2.37. The zero-order chi connectivity index (χ0) is 16.1. The number of fused-ring (bicyclic) bond motifs is 2. The first kappa shape index (κ1) is 16.0. The zero-order valence-electron chi connectivity index (χ0n) is 14.4. The molecule has 0 spiro atoms. The van der Waals surface area contributed by atoms with Gasteiger partial charge in [0.25, 0.3) is 0 Å². The number of epoxide rings is 1. The smallest absolute Gasteiger partial charge is 0.113 e. The molecule has 3 rings (SSSR count). The fourth-order valence-electron chi connectivity index (χ4n) is 4.89. The minimum Gasteiger partial charge on any atom is -0.390 e. The van der Waals surface area contributed by atoms with Crippen LogP contribution in [0.25, 0.3) is 0 Å². The van der Waals surface area contributed by atoms with Crippen molar-refractivity contribution in [1.82, 2.24) is 0 Å². The molecule has 0 aromatic heterocycles. The number of aliphatic hydroxyl groups is 1. The summed E-state index contributed by atoms with van der Waals surface area (Å²) in [4.78, 5) is 0. The number of ether oxygens (including phenoxy) is 1. The van der Waals surface area contributed by atoms with Gasteiger partial charge in [-0.05, 0) is 63.7 Å². The number of rotatable bonds is 3. The van der Waals surface area contributed by atoms with Gasteiger partial charge in [0.1, 0.15) is 6.10 Å². The van der Waals surface area contributed by atoms with E-state index in [0.717, 1.165) is 18.4 Å². The summed E-state index contributed by atoms with van der Waals surface area (Å²) in [6.45, 7) is 12.6. The molecule has 122 valence electrons. The van der Waals surface area contributed by atoms with Gasteiger partial charge in [-0.1, -0.05) is 42.9 Å². The molecular formula is C20H30O2. The van der Waals surface area contributed by atoms with E-state index in [-0.39, 0.29) is 23.2 Å². The van der Waals surface area contributed by atoms with E-state index in [1.54, 1.807) is 0 Å². The fourth-order valence-corrected chi connectivity index (χ4v) is 4.89. The highest BCUT2D eigenvalue weighted by atomic mass is 16.6. The molecule has 3 aliphatic rings. The number of hydrogen-bond acceptors (Lipinski definition) is 2. The van der Waals surface area contributed by atoms with Crippen LogP contribution in [0.2, 0.25) is 0 Å². The van der Waals surface area contributed by atoms with Gasteiger partial charge in [-0.2, -0.15) is 0 Å². The van der Waals surface area contributed by atoms with Crippen LogP contribution < -0.4 is 0 Å². The van der Waals surface area contributed by atoms with E-state index in [2.05, 4.69) is 45.6 Å². The molecule has 0 aromatic rings. The first-order chi connectivity index (χ1) is 10.3. The van der Waals surface area contributed by atoms with Gasteiger partial charge in [-0.25, -0.2) is 0 Å². The zero-order valence-corrected chi connectivity index (χ0v) is 14.4. The molecule has 2 nitrogen and oxygen atoms in total. The van der Waals surface area contributed by atoms with Gasteiger partial charge in [-0.15, -0.1) is 0 Å². The van der Waals surface area contributed by atoms with Crippen LogP contribution in [0.1, 0.15) is 53.4 Å². The Labute approximate surface area is 134 Å². The molecule has 2 aliphatic carbocycles. The van der Waals surface area contributed by atoms with Crippen molar-refractivity contribution in [2.24, 2.45) is 17.3 Å². The van der Waals surface area contributed by atoms with Crippen LogP contribution >= 0.6 is 0 Å². The Morgan fingerprint density at radius 3 is 2.64 bits per heavy atom. The summed E-state index contributed by atoms with van der Waals surface area (Å²) in [6.07, 6.45) is 10.7. The van der Waals surface area contributed by atoms with Crippen LogP contribution in [0.3, 0.4) is 0 Å². The highest BCUT2D eigenvalue weighted by molar-refractivity contribution is 5.24. The number of allylic oxidation sites excluding steroid dienone is 5. The number of hydrogen-bond donors (Lipinski definition) is 1. The van der Waals surface area contributed by atoms with E-state index >= 15 is 0 Å². The molecule has 2 saturated carbocycles. The standard InChI is InChI=1S/C20H30O2/c1-13(2)7-6-8-14(3)15-9-11-19(4)16(15)10-12-20(5)18(22-20)17(19)21/h6-8,15-18,21H,1,9-12H2,2-5H3/b7-6+,14-8+/t15-,16-,17+,18-,19-,20+/m1/s1. The Balaban J connectivity index is 1.80. The van der Waals surface area contributed by atoms with Gasteiger partial charge in [0.15, 0.2) is 0 Å². The third kappa shape index (κ3) is 2.51. The molecule has 1 saturated heterocycles. The predicted octanol–water partition coefficient (Wildman–Crippen LogP) is 4.41. The second kappa shape index (κ2) is 5.35. The third-order valence-corrected chi connectivity index (χ3v) is 6.51. The predicted molar refractivity (Wildman–Crippen MR) is 90.6 cm³/mol. The van der Waals surface area contributed by atoms with Gasteiger partial charge in [0.05, 0.1) is 11.7 Å². The molecule has 0 amide bonds. The normalized spacial score (nSPS) is 48.0. The van der Waals surface area contributed by atoms with Crippen molar-refractivity contribution in [2.45, 2.75) is 71.2 Å². The maximum Gasteiger partial charge on any atom is 0.113 e. The topological polar surface area (TPSA) is 32.8 Å². The van der Waals surface area contributed by atoms with E-state index in [9.17, 15) is 5.11 Å². The van der Waals surface area contributed by atoms with Crippen molar-refractivity contribution in [1.29, 1.82) is 0 Å². The lowest BCUT2D eigenvalue weighted by atomic mass is 9.70. The van der Waals surface area contributed by atoms with Crippen LogP contribution in [0.15, 0.2) is 36.0 Å².